The number of ether oxygens (including phenoxy) is 1. The van der Waals surface area contributed by atoms with E-state index in [1.807, 2.05) is 14.0 Å². The molecule has 1 aromatic carbocycles. The summed E-state index contributed by atoms with van der Waals surface area (Å²) >= 11 is 0. The van der Waals surface area contributed by atoms with Crippen molar-refractivity contribution < 1.29 is 9.53 Å². The number of halogens is 1. The van der Waals surface area contributed by atoms with Crippen LogP contribution in [0.2, 0.25) is 0 Å². The minimum Gasteiger partial charge on any atom is -0.450 e. The summed E-state index contributed by atoms with van der Waals surface area (Å²) < 4.78 is 5.09. The molecule has 1 aromatic rings. The lowest BCUT2D eigenvalue weighted by Gasteiger charge is -2.35. The second-order valence-electron chi connectivity index (χ2n) is 8.21. The Morgan fingerprint density at radius 3 is 2.34 bits per heavy atom. The number of carbonyl (C=O) groups excluding carboxylic acids is 1. The first kappa shape index (κ1) is 26.7. The van der Waals surface area contributed by atoms with E-state index in [4.69, 9.17) is 4.74 Å². The Bertz CT molecular complexity index is 689. The minimum absolute atomic E-state index is 0. The van der Waals surface area contributed by atoms with Gasteiger partial charge in [0.1, 0.15) is 0 Å². The summed E-state index contributed by atoms with van der Waals surface area (Å²) in [5.74, 6) is 0.845. The third kappa shape index (κ3) is 8.74. The molecule has 0 unspecified atom stereocenters. The molecular weight excluding hydrogens is 519 g/mol. The van der Waals surface area contributed by atoms with E-state index < -0.39 is 0 Å². The van der Waals surface area contributed by atoms with E-state index in [9.17, 15) is 4.79 Å². The normalized spacial score (nSPS) is 18.7. The lowest BCUT2D eigenvalue weighted by Crippen LogP contribution is -2.52. The van der Waals surface area contributed by atoms with Crippen molar-refractivity contribution in [3.8, 4) is 0 Å². The number of likely N-dealkylation sites (tertiary alicyclic amines) is 1. The van der Waals surface area contributed by atoms with E-state index in [2.05, 4.69) is 55.8 Å². The summed E-state index contributed by atoms with van der Waals surface area (Å²) in [6.07, 6.45) is 1.61. The Kier molecular flexibility index (Phi) is 12.1. The van der Waals surface area contributed by atoms with Gasteiger partial charge in [0.25, 0.3) is 0 Å². The Balaban J connectivity index is 0.00000363. The first-order valence-corrected chi connectivity index (χ1v) is 11.6. The third-order valence-electron chi connectivity index (χ3n) is 6.02. The van der Waals surface area contributed by atoms with Gasteiger partial charge in [0.15, 0.2) is 5.96 Å². The summed E-state index contributed by atoms with van der Waals surface area (Å²) in [5.41, 5.74) is 1.39. The molecule has 0 saturated carbocycles. The monoisotopic (exact) mass is 558 g/mol. The summed E-state index contributed by atoms with van der Waals surface area (Å²) in [4.78, 5) is 23.0. The predicted octanol–water partition coefficient (Wildman–Crippen LogP) is 2.21. The van der Waals surface area contributed by atoms with E-state index in [-0.39, 0.29) is 30.1 Å². The highest BCUT2D eigenvalue weighted by Crippen LogP contribution is 2.11. The average molecular weight is 559 g/mol. The quantitative estimate of drug-likeness (QED) is 0.304. The van der Waals surface area contributed by atoms with Crippen LogP contribution in [-0.2, 0) is 11.3 Å². The molecule has 0 bridgehead atoms. The maximum absolute atomic E-state index is 11.8. The number of aliphatic imine (C=N–C) groups is 1. The first-order chi connectivity index (χ1) is 15.2. The zero-order valence-corrected chi connectivity index (χ0v) is 21.8. The lowest BCUT2D eigenvalue weighted by atomic mass is 10.1. The van der Waals surface area contributed by atoms with Gasteiger partial charge in [-0.15, -0.1) is 24.0 Å². The van der Waals surface area contributed by atoms with Gasteiger partial charge in [-0.3, -0.25) is 14.8 Å². The largest absolute Gasteiger partial charge is 0.450 e. The Labute approximate surface area is 209 Å². The summed E-state index contributed by atoms with van der Waals surface area (Å²) in [7, 11) is 1.81. The molecule has 2 aliphatic heterocycles. The number of piperazine rings is 1. The fourth-order valence-corrected chi connectivity index (χ4v) is 4.15. The van der Waals surface area contributed by atoms with Crippen molar-refractivity contribution in [2.45, 2.75) is 32.4 Å². The SMILES string of the molecule is CCOC(=O)N1CCC(NC(=NC)NCCN2CCN(Cc3ccccc3)CC2)CC1.I. The number of carbonyl (C=O) groups is 1. The molecule has 32 heavy (non-hydrogen) atoms. The van der Waals surface area contributed by atoms with Gasteiger partial charge in [-0.1, -0.05) is 30.3 Å². The van der Waals surface area contributed by atoms with Crippen LogP contribution in [-0.4, -0.2) is 98.8 Å². The molecule has 2 N–H and O–H groups in total. The van der Waals surface area contributed by atoms with Crippen molar-refractivity contribution in [1.82, 2.24) is 25.3 Å². The Hall–Kier alpha value is -1.59. The molecule has 2 aliphatic rings. The van der Waals surface area contributed by atoms with Crippen molar-refractivity contribution >= 4 is 36.0 Å². The van der Waals surface area contributed by atoms with Gasteiger partial charge in [-0.2, -0.15) is 0 Å². The van der Waals surface area contributed by atoms with E-state index in [0.717, 1.165) is 77.7 Å². The Morgan fingerprint density at radius 2 is 1.72 bits per heavy atom. The zero-order valence-electron chi connectivity index (χ0n) is 19.5. The number of nitrogens with one attached hydrogen (secondary N) is 2. The molecule has 2 heterocycles. The van der Waals surface area contributed by atoms with Gasteiger partial charge in [0.2, 0.25) is 0 Å². The second kappa shape index (κ2) is 14.5. The molecule has 0 atom stereocenters. The van der Waals surface area contributed by atoms with Crippen LogP contribution in [0, 0.1) is 0 Å². The van der Waals surface area contributed by atoms with Gasteiger partial charge >= 0.3 is 6.09 Å². The molecule has 1 amide bonds. The standard InChI is InChI=1S/C23H38N6O2.HI/c1-3-31-23(30)29-12-9-21(10-13-29)26-22(24-2)25-11-14-27-15-17-28(18-16-27)19-20-7-5-4-6-8-20;/h4-8,21H,3,9-19H2,1-2H3,(H2,24,25,26);1H. The van der Waals surface area contributed by atoms with Gasteiger partial charge in [-0.05, 0) is 25.3 Å². The van der Waals surface area contributed by atoms with Gasteiger partial charge in [0, 0.05) is 72.0 Å². The topological polar surface area (TPSA) is 72.4 Å². The lowest BCUT2D eigenvalue weighted by molar-refractivity contribution is 0.0963. The predicted molar refractivity (Wildman–Crippen MR) is 140 cm³/mol. The third-order valence-corrected chi connectivity index (χ3v) is 6.02. The number of amides is 1. The van der Waals surface area contributed by atoms with Crippen molar-refractivity contribution in [1.29, 1.82) is 0 Å². The number of rotatable bonds is 7. The van der Waals surface area contributed by atoms with Crippen molar-refractivity contribution in [3.63, 3.8) is 0 Å². The molecule has 0 spiro atoms. The highest BCUT2D eigenvalue weighted by molar-refractivity contribution is 14.0. The smallest absolute Gasteiger partial charge is 0.409 e. The highest BCUT2D eigenvalue weighted by atomic mass is 127. The summed E-state index contributed by atoms with van der Waals surface area (Å²) in [5, 5.41) is 6.95. The number of nitrogens with zero attached hydrogens (tertiary/aromatic N) is 4. The molecule has 2 saturated heterocycles. The number of guanidine groups is 1. The number of hydrogen-bond donors (Lipinski definition) is 2. The van der Waals surface area contributed by atoms with Crippen LogP contribution < -0.4 is 10.6 Å². The minimum atomic E-state index is -0.202. The molecule has 9 heteroatoms. The van der Waals surface area contributed by atoms with Gasteiger partial charge < -0.3 is 20.3 Å². The van der Waals surface area contributed by atoms with Crippen LogP contribution in [0.1, 0.15) is 25.3 Å². The molecule has 180 valence electrons. The van der Waals surface area contributed by atoms with E-state index in [1.165, 1.54) is 5.56 Å². The number of piperidine rings is 1. The number of hydrogen-bond acceptors (Lipinski definition) is 5. The second-order valence-corrected chi connectivity index (χ2v) is 8.21. The van der Waals surface area contributed by atoms with Crippen molar-refractivity contribution in [2.75, 3.05) is 66.0 Å². The highest BCUT2D eigenvalue weighted by Gasteiger charge is 2.24. The van der Waals surface area contributed by atoms with Crippen molar-refractivity contribution in [2.24, 2.45) is 4.99 Å². The maximum Gasteiger partial charge on any atom is 0.409 e. The van der Waals surface area contributed by atoms with E-state index in [1.54, 1.807) is 4.90 Å². The van der Waals surface area contributed by atoms with Gasteiger partial charge in [0.05, 0.1) is 6.61 Å². The van der Waals surface area contributed by atoms with Crippen LogP contribution in [0.3, 0.4) is 0 Å². The maximum atomic E-state index is 11.8. The molecule has 0 radical (unpaired) electrons. The molecular formula is C23H39IN6O2. The molecule has 0 aliphatic carbocycles. The molecule has 0 aromatic heterocycles. The fourth-order valence-electron chi connectivity index (χ4n) is 4.15. The molecule has 8 nitrogen and oxygen atoms in total. The van der Waals surface area contributed by atoms with Gasteiger partial charge in [-0.25, -0.2) is 4.79 Å². The summed E-state index contributed by atoms with van der Waals surface area (Å²) in [6.45, 7) is 11.1. The molecule has 3 rings (SSSR count). The van der Waals surface area contributed by atoms with E-state index in [0.29, 0.717) is 12.6 Å². The van der Waals surface area contributed by atoms with Crippen molar-refractivity contribution in [3.05, 3.63) is 35.9 Å². The van der Waals surface area contributed by atoms with Crippen LogP contribution in [0.15, 0.2) is 35.3 Å². The Morgan fingerprint density at radius 1 is 1.06 bits per heavy atom. The van der Waals surface area contributed by atoms with Crippen LogP contribution in [0.25, 0.3) is 0 Å². The first-order valence-electron chi connectivity index (χ1n) is 11.6. The fraction of sp³-hybridized carbons (Fsp3) is 0.652. The zero-order chi connectivity index (χ0) is 21.9. The van der Waals surface area contributed by atoms with Crippen LogP contribution in [0.5, 0.6) is 0 Å². The van der Waals surface area contributed by atoms with Crippen LogP contribution in [0.4, 0.5) is 4.79 Å². The average Bonchev–Trinajstić information content (AvgIpc) is 2.81. The molecule has 2 fully saturated rings. The number of benzene rings is 1. The summed E-state index contributed by atoms with van der Waals surface area (Å²) in [6, 6.07) is 11.0. The van der Waals surface area contributed by atoms with Crippen LogP contribution >= 0.6 is 24.0 Å². The van der Waals surface area contributed by atoms with E-state index >= 15 is 0 Å².